The van der Waals surface area contributed by atoms with Crippen molar-refractivity contribution >= 4 is 73.5 Å². The van der Waals surface area contributed by atoms with Gasteiger partial charge in [0.2, 0.25) is 5.95 Å². The largest absolute Gasteiger partial charge is 0.472 e. The first-order valence-electron chi connectivity index (χ1n) is 22.2. The molecule has 2 aliphatic heterocycles. The number of aromatic amines is 1. The molecule has 28 nitrogen and oxygen atoms in total. The smallest absolute Gasteiger partial charge is 0.455 e. The van der Waals surface area contributed by atoms with Crippen LogP contribution in [0.1, 0.15) is 60.9 Å². The minimum atomic E-state index is -5.42. The van der Waals surface area contributed by atoms with Crippen LogP contribution in [0.15, 0.2) is 84.4 Å². The van der Waals surface area contributed by atoms with Gasteiger partial charge in [0, 0.05) is 18.2 Å². The molecule has 73 heavy (non-hydrogen) atoms. The molecular weight excluding hydrogens is 1010 g/mol. The standard InChI is InChI=1S/C43H48N10O18P2/c1-21(2)41(57)69-29-25(67-40(32(29)70-42(58)22(3)4)53-20-47-28-35(53)49-43(51-38(28)56)50-37(55)24-14-10-7-11-15-24)17-66-73(62,63)71-30-26(16-65-72(59,60)61)68-39(31(30)64-5)52-19-46-27-33(44-18-45-34(27)52)48-36(54)23-12-8-6-9-13-23/h6-15,18-22,25-26,29-32,39-40H,16-17H2,1-5H3,(H,62,63)(H2,59,60,61)(H,44,45,48,54)(H2,49,50,51,55,56)/t25-,26-,29-,30-,31-,32-,39-,40-/m1/s1. The summed E-state index contributed by atoms with van der Waals surface area (Å²) in [6.45, 7) is 4.25. The molecule has 2 amide bonds. The number of phosphoric ester groups is 2. The van der Waals surface area contributed by atoms with Gasteiger partial charge in [-0.1, -0.05) is 64.1 Å². The number of nitrogens with zero attached hydrogens (tertiary/aromatic N) is 7. The summed E-state index contributed by atoms with van der Waals surface area (Å²) in [5, 5.41) is 5.18. The average molecular weight is 1050 g/mol. The Labute approximate surface area is 412 Å². The summed E-state index contributed by atoms with van der Waals surface area (Å²) in [6.07, 6.45) is -8.86. The number of hydrogen-bond acceptors (Lipinski definition) is 20. The summed E-state index contributed by atoms with van der Waals surface area (Å²) in [4.78, 5) is 120. The van der Waals surface area contributed by atoms with Crippen molar-refractivity contribution < 1.29 is 80.2 Å². The zero-order valence-corrected chi connectivity index (χ0v) is 41.0. The van der Waals surface area contributed by atoms with Crippen molar-refractivity contribution in [3.8, 4) is 0 Å². The third kappa shape index (κ3) is 11.9. The molecule has 0 radical (unpaired) electrons. The lowest BCUT2D eigenvalue weighted by atomic mass is 10.1. The van der Waals surface area contributed by atoms with Crippen molar-refractivity contribution in [2.45, 2.75) is 76.8 Å². The summed E-state index contributed by atoms with van der Waals surface area (Å²) in [5.41, 5.74) is -0.518. The SMILES string of the molecule is CO[C@@H]1[C@H](OP(=O)(O)OC[C@H]2O[C@@H](n3cnc4c(=O)[nH]c(NC(=O)c5ccccc5)nc43)[C@H](OC(=O)C(C)C)[C@@H]2OC(=O)C(C)C)[C@@H](COP(=O)(O)O)O[C@H]1n1cnc2c(NC(=O)c3ccccc3)ncnc21. The van der Waals surface area contributed by atoms with Crippen LogP contribution >= 0.6 is 15.6 Å². The average Bonchev–Trinajstić information content (AvgIpc) is 4.14. The third-order valence-electron chi connectivity index (χ3n) is 11.2. The monoisotopic (exact) mass is 1050 g/mol. The fourth-order valence-corrected chi connectivity index (χ4v) is 8.98. The Bertz CT molecular complexity index is 3150. The van der Waals surface area contributed by atoms with Gasteiger partial charge in [-0.3, -0.25) is 57.0 Å². The van der Waals surface area contributed by atoms with Gasteiger partial charge in [-0.25, -0.2) is 29.1 Å². The van der Waals surface area contributed by atoms with Crippen LogP contribution in [-0.2, 0) is 56.0 Å². The molecule has 2 aliphatic rings. The van der Waals surface area contributed by atoms with Gasteiger partial charge in [-0.2, -0.15) is 4.98 Å². The quantitative estimate of drug-likeness (QED) is 0.0501. The first kappa shape index (κ1) is 52.6. The van der Waals surface area contributed by atoms with Gasteiger partial charge in [0.25, 0.3) is 17.4 Å². The van der Waals surface area contributed by atoms with Crippen molar-refractivity contribution in [2.24, 2.45) is 11.8 Å². The van der Waals surface area contributed by atoms with Crippen molar-refractivity contribution in [2.75, 3.05) is 31.0 Å². The molecule has 4 aromatic heterocycles. The molecule has 8 rings (SSSR count). The van der Waals surface area contributed by atoms with E-state index < -0.39 is 119 Å². The number of imidazole rings is 2. The van der Waals surface area contributed by atoms with E-state index in [1.807, 2.05) is 0 Å². The minimum absolute atomic E-state index is 0.00481. The number of fused-ring (bicyclic) bond motifs is 2. The maximum atomic E-state index is 14.1. The summed E-state index contributed by atoms with van der Waals surface area (Å²) >= 11 is 0. The van der Waals surface area contributed by atoms with Crippen LogP contribution in [0.25, 0.3) is 22.3 Å². The van der Waals surface area contributed by atoms with Crippen molar-refractivity contribution in [1.82, 2.24) is 39.0 Å². The van der Waals surface area contributed by atoms with Gasteiger partial charge >= 0.3 is 27.6 Å². The number of ether oxygens (including phenoxy) is 5. The number of carbonyl (C=O) groups is 4. The first-order valence-corrected chi connectivity index (χ1v) is 25.2. The Balaban J connectivity index is 1.08. The van der Waals surface area contributed by atoms with E-state index in [0.29, 0.717) is 5.56 Å². The number of carbonyl (C=O) groups excluding carboxylic acids is 4. The van der Waals surface area contributed by atoms with E-state index >= 15 is 0 Å². The molecule has 0 aliphatic carbocycles. The number of anilines is 2. The van der Waals surface area contributed by atoms with Crippen LogP contribution in [0.3, 0.4) is 0 Å². The highest BCUT2D eigenvalue weighted by atomic mass is 31.2. The molecule has 2 fully saturated rings. The van der Waals surface area contributed by atoms with Gasteiger partial charge in [0.15, 0.2) is 52.8 Å². The topological polar surface area (TPSA) is 368 Å². The number of phosphoric acid groups is 2. The van der Waals surface area contributed by atoms with Gasteiger partial charge in [-0.15, -0.1) is 0 Å². The van der Waals surface area contributed by atoms with E-state index in [1.165, 1.54) is 62.4 Å². The maximum Gasteiger partial charge on any atom is 0.472 e. The maximum absolute atomic E-state index is 14.1. The molecule has 1 unspecified atom stereocenters. The Hall–Kier alpha value is -6.68. The summed E-state index contributed by atoms with van der Waals surface area (Å²) in [7, 11) is -9.42. The summed E-state index contributed by atoms with van der Waals surface area (Å²) in [5.74, 6) is -4.52. The highest BCUT2D eigenvalue weighted by Crippen LogP contribution is 2.51. The van der Waals surface area contributed by atoms with Gasteiger partial charge < -0.3 is 43.7 Å². The summed E-state index contributed by atoms with van der Waals surface area (Å²) < 4.78 is 74.3. The number of rotatable bonds is 19. The number of aromatic nitrogens is 8. The molecule has 0 bridgehead atoms. The van der Waals surface area contributed by atoms with E-state index in [-0.39, 0.29) is 39.7 Å². The van der Waals surface area contributed by atoms with Crippen molar-refractivity contribution in [3.63, 3.8) is 0 Å². The second-order valence-electron chi connectivity index (χ2n) is 17.0. The molecule has 0 spiro atoms. The molecule has 6 aromatic rings. The van der Waals surface area contributed by atoms with Crippen molar-refractivity contribution in [3.05, 3.63) is 101 Å². The second-order valence-corrected chi connectivity index (χ2v) is 19.6. The van der Waals surface area contributed by atoms with E-state index in [1.54, 1.807) is 48.5 Å². The third-order valence-corrected chi connectivity index (χ3v) is 12.7. The minimum Gasteiger partial charge on any atom is -0.455 e. The highest BCUT2D eigenvalue weighted by Gasteiger charge is 2.54. The predicted molar refractivity (Wildman–Crippen MR) is 249 cm³/mol. The second kappa shape index (κ2) is 21.8. The molecule has 30 heteroatoms. The van der Waals surface area contributed by atoms with Gasteiger partial charge in [0.05, 0.1) is 37.7 Å². The lowest BCUT2D eigenvalue weighted by Crippen LogP contribution is -2.42. The normalized spacial score (nSPS) is 22.9. The number of benzene rings is 2. The molecular formula is C43H48N10O18P2. The van der Waals surface area contributed by atoms with Crippen LogP contribution in [0.4, 0.5) is 11.8 Å². The van der Waals surface area contributed by atoms with Crippen LogP contribution in [0.5, 0.6) is 0 Å². The zero-order chi connectivity index (χ0) is 52.4. The molecule has 0 saturated carbocycles. The first-order chi connectivity index (χ1) is 34.7. The number of amides is 2. The lowest BCUT2D eigenvalue weighted by Gasteiger charge is -2.27. The molecule has 2 saturated heterocycles. The van der Waals surface area contributed by atoms with Crippen LogP contribution in [-0.4, -0.2) is 134 Å². The lowest BCUT2D eigenvalue weighted by molar-refractivity contribution is -0.172. The molecule has 2 aromatic carbocycles. The molecule has 388 valence electrons. The fourth-order valence-electron chi connectivity index (χ4n) is 7.68. The van der Waals surface area contributed by atoms with Crippen molar-refractivity contribution in [1.29, 1.82) is 0 Å². The summed E-state index contributed by atoms with van der Waals surface area (Å²) in [6, 6.07) is 16.3. The van der Waals surface area contributed by atoms with E-state index in [4.69, 9.17) is 37.3 Å². The Morgan fingerprint density at radius 2 is 1.23 bits per heavy atom. The highest BCUT2D eigenvalue weighted by molar-refractivity contribution is 7.47. The van der Waals surface area contributed by atoms with E-state index in [2.05, 4.69) is 40.5 Å². The van der Waals surface area contributed by atoms with Gasteiger partial charge in [-0.05, 0) is 24.3 Å². The number of nitrogens with one attached hydrogen (secondary N) is 3. The molecule has 6 heterocycles. The number of hydrogen-bond donors (Lipinski definition) is 6. The Morgan fingerprint density at radius 3 is 1.82 bits per heavy atom. The Kier molecular flexibility index (Phi) is 15.7. The Morgan fingerprint density at radius 1 is 0.699 bits per heavy atom. The molecule has 9 atom stereocenters. The number of esters is 2. The van der Waals surface area contributed by atoms with E-state index in [9.17, 15) is 47.8 Å². The van der Waals surface area contributed by atoms with Crippen LogP contribution < -0.4 is 16.2 Å². The zero-order valence-electron chi connectivity index (χ0n) is 39.2. The van der Waals surface area contributed by atoms with Crippen LogP contribution in [0.2, 0.25) is 0 Å². The fraction of sp³-hybridized carbons (Fsp3) is 0.395. The number of H-pyrrole nitrogens is 1. The van der Waals surface area contributed by atoms with Crippen LogP contribution in [0, 0.1) is 11.8 Å². The molecule has 6 N–H and O–H groups in total. The predicted octanol–water partition coefficient (Wildman–Crippen LogP) is 3.02. The number of methoxy groups -OCH3 is 1. The van der Waals surface area contributed by atoms with E-state index in [0.717, 1.165) is 12.7 Å². The van der Waals surface area contributed by atoms with Gasteiger partial charge in [0.1, 0.15) is 30.7 Å².